The quantitative estimate of drug-likeness (QED) is 0.477. The molecule has 32 heavy (non-hydrogen) atoms. The summed E-state index contributed by atoms with van der Waals surface area (Å²) >= 11 is 0. The number of rotatable bonds is 7. The molecule has 3 heterocycles. The summed E-state index contributed by atoms with van der Waals surface area (Å²) in [6, 6.07) is 11.2. The van der Waals surface area contributed by atoms with Gasteiger partial charge in [0.2, 0.25) is 11.8 Å². The first-order valence-corrected chi connectivity index (χ1v) is 9.98. The molecule has 0 spiro atoms. The van der Waals surface area contributed by atoms with Gasteiger partial charge in [0.25, 0.3) is 5.91 Å². The highest BCUT2D eigenvalue weighted by molar-refractivity contribution is 5.85. The van der Waals surface area contributed by atoms with Crippen molar-refractivity contribution in [3.05, 3.63) is 71.3 Å². The molecule has 4 aromatic rings. The molecule has 0 atom stereocenters. The first-order valence-electron chi connectivity index (χ1n) is 9.98. The molecule has 1 N–H and O–H groups in total. The Morgan fingerprint density at radius 2 is 2.00 bits per heavy atom. The number of hydrogen-bond donors (Lipinski definition) is 1. The van der Waals surface area contributed by atoms with Crippen LogP contribution in [-0.2, 0) is 18.4 Å². The maximum atomic E-state index is 13.4. The SMILES string of the molecule is Cc1cc(C)c2c(OCC(=O)NCc3cccnc3Oc3cccc(F)c3)nn(C)c2n1. The van der Waals surface area contributed by atoms with Gasteiger partial charge in [0.1, 0.15) is 11.6 Å². The zero-order chi connectivity index (χ0) is 22.7. The second-order valence-electron chi connectivity index (χ2n) is 7.30. The van der Waals surface area contributed by atoms with Crippen LogP contribution >= 0.6 is 0 Å². The predicted octanol–water partition coefficient (Wildman–Crippen LogP) is 3.61. The molecule has 1 aromatic carbocycles. The van der Waals surface area contributed by atoms with Gasteiger partial charge in [0, 0.05) is 37.1 Å². The second kappa shape index (κ2) is 9.01. The molecular weight excluding hydrogens is 413 g/mol. The predicted molar refractivity (Wildman–Crippen MR) is 116 cm³/mol. The fraction of sp³-hybridized carbons (Fsp3) is 0.217. The highest BCUT2D eigenvalue weighted by Crippen LogP contribution is 2.27. The van der Waals surface area contributed by atoms with E-state index in [1.807, 2.05) is 19.9 Å². The number of nitrogens with zero attached hydrogens (tertiary/aromatic N) is 4. The Morgan fingerprint density at radius 3 is 2.81 bits per heavy atom. The number of amides is 1. The average molecular weight is 435 g/mol. The van der Waals surface area contributed by atoms with Gasteiger partial charge >= 0.3 is 0 Å². The highest BCUT2D eigenvalue weighted by atomic mass is 19.1. The minimum absolute atomic E-state index is 0.170. The smallest absolute Gasteiger partial charge is 0.258 e. The van der Waals surface area contributed by atoms with Gasteiger partial charge in [-0.25, -0.2) is 19.0 Å². The van der Waals surface area contributed by atoms with Gasteiger partial charge in [-0.15, -0.1) is 5.10 Å². The zero-order valence-corrected chi connectivity index (χ0v) is 17.9. The summed E-state index contributed by atoms with van der Waals surface area (Å²) in [4.78, 5) is 21.1. The lowest BCUT2D eigenvalue weighted by Crippen LogP contribution is -2.28. The van der Waals surface area contributed by atoms with E-state index < -0.39 is 5.82 Å². The number of hydrogen-bond acceptors (Lipinski definition) is 6. The first-order chi connectivity index (χ1) is 15.4. The van der Waals surface area contributed by atoms with Gasteiger partial charge in [-0.1, -0.05) is 12.1 Å². The van der Waals surface area contributed by atoms with E-state index in [0.29, 0.717) is 22.8 Å². The Labute approximate surface area is 184 Å². The van der Waals surface area contributed by atoms with Gasteiger partial charge in [0.15, 0.2) is 12.3 Å². The van der Waals surface area contributed by atoms with Crippen molar-refractivity contribution in [3.63, 3.8) is 0 Å². The van der Waals surface area contributed by atoms with Crippen LogP contribution in [0.15, 0.2) is 48.7 Å². The summed E-state index contributed by atoms with van der Waals surface area (Å²) in [5, 5.41) is 7.90. The van der Waals surface area contributed by atoms with Crippen LogP contribution in [0.4, 0.5) is 4.39 Å². The van der Waals surface area contributed by atoms with Crippen LogP contribution in [0.2, 0.25) is 0 Å². The van der Waals surface area contributed by atoms with Crippen LogP contribution < -0.4 is 14.8 Å². The van der Waals surface area contributed by atoms with Gasteiger partial charge in [-0.05, 0) is 43.7 Å². The van der Waals surface area contributed by atoms with Crippen molar-refractivity contribution in [3.8, 4) is 17.5 Å². The molecule has 1 amide bonds. The third-order valence-corrected chi connectivity index (χ3v) is 4.76. The molecule has 0 aliphatic heterocycles. The Morgan fingerprint density at radius 1 is 1.16 bits per heavy atom. The van der Waals surface area contributed by atoms with Crippen LogP contribution in [0.1, 0.15) is 16.8 Å². The maximum absolute atomic E-state index is 13.4. The van der Waals surface area contributed by atoms with E-state index in [1.165, 1.54) is 12.1 Å². The fourth-order valence-corrected chi connectivity index (χ4v) is 3.32. The van der Waals surface area contributed by atoms with E-state index in [-0.39, 0.29) is 24.9 Å². The number of ether oxygens (including phenoxy) is 2. The Kier molecular flexibility index (Phi) is 5.98. The number of halogens is 1. The van der Waals surface area contributed by atoms with E-state index in [2.05, 4.69) is 20.4 Å². The zero-order valence-electron chi connectivity index (χ0n) is 17.9. The van der Waals surface area contributed by atoms with Crippen molar-refractivity contribution < 1.29 is 18.7 Å². The highest BCUT2D eigenvalue weighted by Gasteiger charge is 2.16. The molecule has 0 saturated heterocycles. The normalized spacial score (nSPS) is 10.9. The molecule has 0 radical (unpaired) electrons. The van der Waals surface area contributed by atoms with E-state index in [1.54, 1.807) is 42.2 Å². The molecule has 0 unspecified atom stereocenters. The summed E-state index contributed by atoms with van der Waals surface area (Å²) in [6.45, 7) is 3.83. The van der Waals surface area contributed by atoms with Crippen LogP contribution in [0.5, 0.6) is 17.5 Å². The lowest BCUT2D eigenvalue weighted by atomic mass is 10.2. The van der Waals surface area contributed by atoms with E-state index in [4.69, 9.17) is 9.47 Å². The fourth-order valence-electron chi connectivity index (χ4n) is 3.32. The van der Waals surface area contributed by atoms with Crippen molar-refractivity contribution >= 4 is 16.9 Å². The van der Waals surface area contributed by atoms with Crippen LogP contribution in [0, 0.1) is 19.7 Å². The number of pyridine rings is 2. The summed E-state index contributed by atoms with van der Waals surface area (Å²) in [5.41, 5.74) is 3.21. The van der Waals surface area contributed by atoms with Crippen molar-refractivity contribution in [1.82, 2.24) is 25.1 Å². The molecule has 4 rings (SSSR count). The molecule has 0 bridgehead atoms. The minimum atomic E-state index is -0.409. The first kappa shape index (κ1) is 21.2. The summed E-state index contributed by atoms with van der Waals surface area (Å²) in [5.74, 6) is 0.224. The van der Waals surface area contributed by atoms with Crippen molar-refractivity contribution in [2.75, 3.05) is 6.61 Å². The van der Waals surface area contributed by atoms with E-state index >= 15 is 0 Å². The molecular formula is C23H22FN5O3. The average Bonchev–Trinajstić information content (AvgIpc) is 3.07. The summed E-state index contributed by atoms with van der Waals surface area (Å²) in [7, 11) is 1.78. The molecule has 0 fully saturated rings. The van der Waals surface area contributed by atoms with Crippen LogP contribution in [-0.4, -0.2) is 32.3 Å². The Hall–Kier alpha value is -4.01. The molecule has 0 saturated carbocycles. The van der Waals surface area contributed by atoms with Crippen LogP contribution in [0.3, 0.4) is 0 Å². The third kappa shape index (κ3) is 4.66. The lowest BCUT2D eigenvalue weighted by molar-refractivity contribution is -0.123. The van der Waals surface area contributed by atoms with E-state index in [0.717, 1.165) is 16.6 Å². The Bertz CT molecular complexity index is 1290. The van der Waals surface area contributed by atoms with Crippen molar-refractivity contribution in [2.24, 2.45) is 7.05 Å². The van der Waals surface area contributed by atoms with Gasteiger partial charge in [0.05, 0.1) is 5.39 Å². The van der Waals surface area contributed by atoms with Gasteiger partial charge in [-0.2, -0.15) is 0 Å². The Balaban J connectivity index is 1.40. The monoisotopic (exact) mass is 435 g/mol. The minimum Gasteiger partial charge on any atom is -0.466 e. The number of benzene rings is 1. The molecule has 0 aliphatic carbocycles. The van der Waals surface area contributed by atoms with Crippen molar-refractivity contribution in [2.45, 2.75) is 20.4 Å². The number of aryl methyl sites for hydroxylation is 3. The number of carbonyl (C=O) groups excluding carboxylic acids is 1. The third-order valence-electron chi connectivity index (χ3n) is 4.76. The number of aromatic nitrogens is 4. The molecule has 3 aromatic heterocycles. The lowest BCUT2D eigenvalue weighted by Gasteiger charge is -2.11. The number of nitrogens with one attached hydrogen (secondary N) is 1. The van der Waals surface area contributed by atoms with Gasteiger partial charge < -0.3 is 14.8 Å². The molecule has 9 heteroatoms. The van der Waals surface area contributed by atoms with Crippen molar-refractivity contribution in [1.29, 1.82) is 0 Å². The second-order valence-corrected chi connectivity index (χ2v) is 7.30. The molecule has 164 valence electrons. The summed E-state index contributed by atoms with van der Waals surface area (Å²) in [6.07, 6.45) is 1.56. The maximum Gasteiger partial charge on any atom is 0.258 e. The van der Waals surface area contributed by atoms with Gasteiger partial charge in [-0.3, -0.25) is 4.79 Å². The van der Waals surface area contributed by atoms with Crippen LogP contribution in [0.25, 0.3) is 11.0 Å². The molecule has 0 aliphatic rings. The van der Waals surface area contributed by atoms with E-state index in [9.17, 15) is 9.18 Å². The standard InChI is InChI=1S/C23H22FN5O3/c1-14-10-15(2)27-21-20(14)23(28-29(21)3)31-13-19(30)26-12-16-6-5-9-25-22(16)32-18-8-4-7-17(24)11-18/h4-11H,12-13H2,1-3H3,(H,26,30). The topological polar surface area (TPSA) is 91.2 Å². The largest absolute Gasteiger partial charge is 0.466 e. The number of fused-ring (bicyclic) bond motifs is 1. The molecule has 8 nitrogen and oxygen atoms in total. The summed E-state index contributed by atoms with van der Waals surface area (Å²) < 4.78 is 26.4. The number of carbonyl (C=O) groups is 1.